The smallest absolute Gasteiger partial charge is 0.238 e. The van der Waals surface area contributed by atoms with E-state index in [1.165, 1.54) is 18.2 Å². The second kappa shape index (κ2) is 7.81. The normalized spacial score (nSPS) is 11.6. The Balaban J connectivity index is 1.93. The molecular weight excluding hydrogens is 410 g/mol. The van der Waals surface area contributed by atoms with Gasteiger partial charge in [-0.15, -0.1) is 0 Å². The molecule has 8 heteroatoms. The summed E-state index contributed by atoms with van der Waals surface area (Å²) in [6.45, 7) is 0. The number of sulfonamides is 1. The molecule has 0 aliphatic heterocycles. The maximum absolute atomic E-state index is 13.9. The van der Waals surface area contributed by atoms with Crippen LogP contribution in [0.2, 0.25) is 0 Å². The topological polar surface area (TPSA) is 86.2 Å². The van der Waals surface area contributed by atoms with Gasteiger partial charge in [-0.25, -0.2) is 27.3 Å². The van der Waals surface area contributed by atoms with Crippen molar-refractivity contribution in [3.8, 4) is 22.6 Å². The minimum absolute atomic E-state index is 0.0653. The SMILES string of the molecule is NS(=O)(=O)c1ccccc1-c1oc(Cc2ccccc2)nc1-c1cc(F)cc(F)c1. The Bertz CT molecular complexity index is 1300. The van der Waals surface area contributed by atoms with Crippen LogP contribution in [0.3, 0.4) is 0 Å². The molecule has 0 bridgehead atoms. The Morgan fingerprint density at radius 3 is 2.20 bits per heavy atom. The molecule has 0 radical (unpaired) electrons. The molecule has 1 heterocycles. The fourth-order valence-electron chi connectivity index (χ4n) is 3.18. The second-order valence-corrected chi connectivity index (χ2v) is 8.18. The van der Waals surface area contributed by atoms with E-state index < -0.39 is 21.7 Å². The van der Waals surface area contributed by atoms with Crippen LogP contribution in [0.1, 0.15) is 11.5 Å². The quantitative estimate of drug-likeness (QED) is 0.508. The summed E-state index contributed by atoms with van der Waals surface area (Å²) < 4.78 is 57.8. The van der Waals surface area contributed by atoms with Crippen LogP contribution in [0.4, 0.5) is 8.78 Å². The predicted octanol–water partition coefficient (Wildman–Crippen LogP) is 4.53. The summed E-state index contributed by atoms with van der Waals surface area (Å²) in [5.74, 6) is -1.25. The number of hydrogen-bond acceptors (Lipinski definition) is 4. The first kappa shape index (κ1) is 19.9. The number of oxazole rings is 1. The van der Waals surface area contributed by atoms with Gasteiger partial charge in [0.1, 0.15) is 17.3 Å². The number of primary sulfonamides is 1. The van der Waals surface area contributed by atoms with Crippen molar-refractivity contribution in [2.75, 3.05) is 0 Å². The number of benzene rings is 3. The maximum atomic E-state index is 13.9. The van der Waals surface area contributed by atoms with Crippen LogP contribution in [0.5, 0.6) is 0 Å². The van der Waals surface area contributed by atoms with Gasteiger partial charge in [0.25, 0.3) is 0 Å². The van der Waals surface area contributed by atoms with Gasteiger partial charge in [0.15, 0.2) is 11.7 Å². The molecule has 0 aliphatic carbocycles. The van der Waals surface area contributed by atoms with Gasteiger partial charge >= 0.3 is 0 Å². The van der Waals surface area contributed by atoms with Crippen LogP contribution in [0.25, 0.3) is 22.6 Å². The molecule has 4 aromatic rings. The van der Waals surface area contributed by atoms with Crippen molar-refractivity contribution in [2.45, 2.75) is 11.3 Å². The van der Waals surface area contributed by atoms with E-state index in [-0.39, 0.29) is 33.4 Å². The Kier molecular flexibility index (Phi) is 5.19. The minimum Gasteiger partial charge on any atom is -0.440 e. The summed E-state index contributed by atoms with van der Waals surface area (Å²) in [5.41, 5.74) is 1.30. The molecule has 2 N–H and O–H groups in total. The van der Waals surface area contributed by atoms with Crippen molar-refractivity contribution < 1.29 is 21.6 Å². The van der Waals surface area contributed by atoms with Crippen LogP contribution >= 0.6 is 0 Å². The zero-order valence-corrected chi connectivity index (χ0v) is 16.4. The average molecular weight is 426 g/mol. The zero-order chi connectivity index (χ0) is 21.3. The van der Waals surface area contributed by atoms with Crippen LogP contribution < -0.4 is 5.14 Å². The standard InChI is InChI=1S/C22H16F2N2O3S/c23-16-11-15(12-17(24)13-16)21-22(18-8-4-5-9-19(18)30(25,27)28)29-20(26-21)10-14-6-2-1-3-7-14/h1-9,11-13H,10H2,(H2,25,27,28). The van der Waals surface area contributed by atoms with E-state index in [1.54, 1.807) is 6.07 Å². The van der Waals surface area contributed by atoms with Crippen molar-refractivity contribution in [1.82, 2.24) is 4.98 Å². The fourth-order valence-corrected chi connectivity index (χ4v) is 3.92. The molecule has 0 aliphatic rings. The fraction of sp³-hybridized carbons (Fsp3) is 0.0455. The van der Waals surface area contributed by atoms with Crippen LogP contribution in [0, 0.1) is 11.6 Å². The summed E-state index contributed by atoms with van der Waals surface area (Å²) in [6, 6.07) is 18.3. The van der Waals surface area contributed by atoms with Gasteiger partial charge < -0.3 is 4.42 Å². The van der Waals surface area contributed by atoms with Crippen LogP contribution in [0.15, 0.2) is 82.1 Å². The number of halogens is 2. The molecular formula is C22H16F2N2O3S. The monoisotopic (exact) mass is 426 g/mol. The lowest BCUT2D eigenvalue weighted by molar-refractivity contribution is 0.518. The lowest BCUT2D eigenvalue weighted by atomic mass is 10.1. The number of nitrogens with zero attached hydrogens (tertiary/aromatic N) is 1. The third-order valence-electron chi connectivity index (χ3n) is 4.44. The molecule has 1 aromatic heterocycles. The van der Waals surface area contributed by atoms with Gasteiger partial charge in [0.05, 0.1) is 4.90 Å². The van der Waals surface area contributed by atoms with Gasteiger partial charge in [-0.2, -0.15) is 0 Å². The van der Waals surface area contributed by atoms with Gasteiger partial charge in [0, 0.05) is 23.6 Å². The molecule has 0 saturated heterocycles. The van der Waals surface area contributed by atoms with E-state index in [1.807, 2.05) is 30.3 Å². The van der Waals surface area contributed by atoms with E-state index in [2.05, 4.69) is 4.98 Å². The third-order valence-corrected chi connectivity index (χ3v) is 5.41. The predicted molar refractivity (Wildman–Crippen MR) is 108 cm³/mol. The summed E-state index contributed by atoms with van der Waals surface area (Å²) in [4.78, 5) is 4.25. The highest BCUT2D eigenvalue weighted by molar-refractivity contribution is 7.89. The van der Waals surface area contributed by atoms with Crippen LogP contribution in [-0.4, -0.2) is 13.4 Å². The van der Waals surface area contributed by atoms with Crippen molar-refractivity contribution in [3.05, 3.63) is 95.9 Å². The first-order valence-electron chi connectivity index (χ1n) is 8.93. The summed E-state index contributed by atoms with van der Waals surface area (Å²) >= 11 is 0. The van der Waals surface area contributed by atoms with Gasteiger partial charge in [-0.3, -0.25) is 0 Å². The molecule has 5 nitrogen and oxygen atoms in total. The molecule has 0 saturated carbocycles. The van der Waals surface area contributed by atoms with Crippen molar-refractivity contribution in [1.29, 1.82) is 0 Å². The molecule has 0 fully saturated rings. The Hall–Kier alpha value is -3.36. The Morgan fingerprint density at radius 1 is 0.900 bits per heavy atom. The maximum Gasteiger partial charge on any atom is 0.238 e. The van der Waals surface area contributed by atoms with E-state index >= 15 is 0 Å². The van der Waals surface area contributed by atoms with E-state index in [0.717, 1.165) is 23.8 Å². The van der Waals surface area contributed by atoms with Gasteiger partial charge in [0.2, 0.25) is 10.0 Å². The van der Waals surface area contributed by atoms with E-state index in [0.29, 0.717) is 6.42 Å². The van der Waals surface area contributed by atoms with Crippen molar-refractivity contribution >= 4 is 10.0 Å². The minimum atomic E-state index is -4.08. The lowest BCUT2D eigenvalue weighted by Crippen LogP contribution is -2.13. The third kappa shape index (κ3) is 4.14. The number of aromatic nitrogens is 1. The first-order valence-corrected chi connectivity index (χ1v) is 10.5. The molecule has 0 unspecified atom stereocenters. The van der Waals surface area contributed by atoms with E-state index in [4.69, 9.17) is 9.56 Å². The highest BCUT2D eigenvalue weighted by Crippen LogP contribution is 2.36. The van der Waals surface area contributed by atoms with E-state index in [9.17, 15) is 17.2 Å². The average Bonchev–Trinajstić information content (AvgIpc) is 3.11. The highest BCUT2D eigenvalue weighted by Gasteiger charge is 2.24. The molecule has 4 rings (SSSR count). The van der Waals surface area contributed by atoms with Gasteiger partial charge in [-0.1, -0.05) is 42.5 Å². The molecule has 152 valence electrons. The molecule has 0 atom stereocenters. The van der Waals surface area contributed by atoms with Crippen molar-refractivity contribution in [2.24, 2.45) is 5.14 Å². The second-order valence-electron chi connectivity index (χ2n) is 6.65. The molecule has 3 aromatic carbocycles. The molecule has 0 spiro atoms. The summed E-state index contributed by atoms with van der Waals surface area (Å²) in [6.07, 6.45) is 0.309. The zero-order valence-electron chi connectivity index (χ0n) is 15.5. The molecule has 30 heavy (non-hydrogen) atoms. The van der Waals surface area contributed by atoms with Crippen LogP contribution in [-0.2, 0) is 16.4 Å². The number of nitrogens with two attached hydrogens (primary N) is 1. The highest BCUT2D eigenvalue weighted by atomic mass is 32.2. The first-order chi connectivity index (χ1) is 14.3. The Morgan fingerprint density at radius 2 is 1.53 bits per heavy atom. The van der Waals surface area contributed by atoms with Crippen molar-refractivity contribution in [3.63, 3.8) is 0 Å². The molecule has 0 amide bonds. The lowest BCUT2D eigenvalue weighted by Gasteiger charge is -2.07. The Labute approximate surface area is 171 Å². The number of hydrogen-bond donors (Lipinski definition) is 1. The van der Waals surface area contributed by atoms with Gasteiger partial charge in [-0.05, 0) is 29.8 Å². The largest absolute Gasteiger partial charge is 0.440 e. The summed E-state index contributed by atoms with van der Waals surface area (Å²) in [5, 5.41) is 5.35. The summed E-state index contributed by atoms with van der Waals surface area (Å²) in [7, 11) is -4.08. The number of rotatable bonds is 5.